The maximum absolute atomic E-state index is 9.73. The van der Waals surface area contributed by atoms with Crippen LogP contribution in [0.3, 0.4) is 0 Å². The van der Waals surface area contributed by atoms with Gasteiger partial charge in [0.05, 0.1) is 40.1 Å². The van der Waals surface area contributed by atoms with Crippen molar-refractivity contribution in [1.82, 2.24) is 20.4 Å². The Morgan fingerprint density at radius 3 is 2.47 bits per heavy atom. The molecule has 0 aliphatic carbocycles. The Balaban J connectivity index is 1.61. The maximum Gasteiger partial charge on any atom is 0.240 e. The maximum atomic E-state index is 9.73. The van der Waals surface area contributed by atoms with Gasteiger partial charge in [0.2, 0.25) is 5.88 Å². The summed E-state index contributed by atoms with van der Waals surface area (Å²) in [6.45, 7) is 7.49. The van der Waals surface area contributed by atoms with E-state index in [0.717, 1.165) is 47.5 Å². The summed E-state index contributed by atoms with van der Waals surface area (Å²) in [5.41, 5.74) is 4.45. The number of dihydropyridines is 1. The molecule has 2 aromatic rings. The molecular weight excluding hydrogens is 376 g/mol. The van der Waals surface area contributed by atoms with E-state index in [4.69, 9.17) is 4.74 Å². The zero-order chi connectivity index (χ0) is 21.1. The highest BCUT2D eigenvalue weighted by molar-refractivity contribution is 5.85. The van der Waals surface area contributed by atoms with Gasteiger partial charge in [-0.2, -0.15) is 10.5 Å². The molecule has 4 rings (SSSR count). The first-order valence-corrected chi connectivity index (χ1v) is 10.4. The Morgan fingerprint density at radius 2 is 1.80 bits per heavy atom. The Hall–Kier alpha value is -3.29. The lowest BCUT2D eigenvalue weighted by Crippen LogP contribution is -2.33. The van der Waals surface area contributed by atoms with Gasteiger partial charge in [-0.05, 0) is 57.5 Å². The van der Waals surface area contributed by atoms with Crippen LogP contribution in [0.15, 0.2) is 40.7 Å². The second-order valence-corrected chi connectivity index (χ2v) is 7.94. The quantitative estimate of drug-likeness (QED) is 0.791. The number of rotatable bonds is 5. The van der Waals surface area contributed by atoms with Crippen LogP contribution < -0.4 is 10.1 Å². The van der Waals surface area contributed by atoms with Crippen molar-refractivity contribution < 1.29 is 4.74 Å². The monoisotopic (exact) mass is 402 g/mol. The van der Waals surface area contributed by atoms with Crippen LogP contribution in [0.5, 0.6) is 5.88 Å². The van der Waals surface area contributed by atoms with Gasteiger partial charge in [-0.1, -0.05) is 12.5 Å². The normalized spacial score (nSPS) is 18.3. The Bertz CT molecular complexity index is 1060. The lowest BCUT2D eigenvalue weighted by molar-refractivity contribution is 0.181. The fraction of sp³-hybridized carbons (Fsp3) is 0.435. The fourth-order valence-electron chi connectivity index (χ4n) is 4.37. The van der Waals surface area contributed by atoms with Gasteiger partial charge in [-0.25, -0.2) is 0 Å². The van der Waals surface area contributed by atoms with E-state index in [0.29, 0.717) is 23.6 Å². The van der Waals surface area contributed by atoms with Gasteiger partial charge in [0.25, 0.3) is 0 Å². The van der Waals surface area contributed by atoms with E-state index in [1.807, 2.05) is 32.0 Å². The van der Waals surface area contributed by atoms with Crippen molar-refractivity contribution in [3.63, 3.8) is 0 Å². The third kappa shape index (κ3) is 3.77. The van der Waals surface area contributed by atoms with Crippen molar-refractivity contribution >= 4 is 10.9 Å². The number of fused-ring (bicyclic) bond motifs is 1. The average Bonchev–Trinajstić information content (AvgIpc) is 3.16. The van der Waals surface area contributed by atoms with E-state index < -0.39 is 0 Å². The van der Waals surface area contributed by atoms with E-state index in [2.05, 4.69) is 32.6 Å². The number of nitrogens with zero attached hydrogens (tertiary/aromatic N) is 4. The van der Waals surface area contributed by atoms with Crippen LogP contribution >= 0.6 is 0 Å². The molecule has 154 valence electrons. The minimum atomic E-state index is -0.387. The molecule has 1 aromatic carbocycles. The molecular formula is C23H26N6O. The predicted molar refractivity (Wildman–Crippen MR) is 114 cm³/mol. The number of piperidine rings is 1. The number of aromatic amines is 1. The summed E-state index contributed by atoms with van der Waals surface area (Å²) in [5.74, 6) is 0.179. The highest BCUT2D eigenvalue weighted by Gasteiger charge is 2.29. The van der Waals surface area contributed by atoms with Crippen LogP contribution in [-0.2, 0) is 0 Å². The van der Waals surface area contributed by atoms with Gasteiger partial charge in [-0.3, -0.25) is 10.00 Å². The summed E-state index contributed by atoms with van der Waals surface area (Å²) >= 11 is 0. The van der Waals surface area contributed by atoms with Crippen molar-refractivity contribution in [1.29, 1.82) is 10.5 Å². The van der Waals surface area contributed by atoms with Crippen LogP contribution in [0, 0.1) is 22.7 Å². The average molecular weight is 403 g/mol. The van der Waals surface area contributed by atoms with Crippen molar-refractivity contribution in [2.45, 2.75) is 39.0 Å². The summed E-state index contributed by atoms with van der Waals surface area (Å²) in [4.78, 5) is 2.43. The molecule has 30 heavy (non-hydrogen) atoms. The van der Waals surface area contributed by atoms with Crippen molar-refractivity contribution in [2.24, 2.45) is 0 Å². The summed E-state index contributed by atoms with van der Waals surface area (Å²) in [7, 11) is 0. The first-order valence-electron chi connectivity index (χ1n) is 10.4. The smallest absolute Gasteiger partial charge is 0.240 e. The molecule has 2 N–H and O–H groups in total. The molecule has 7 heteroatoms. The lowest BCUT2D eigenvalue weighted by atomic mass is 9.81. The van der Waals surface area contributed by atoms with E-state index >= 15 is 0 Å². The Morgan fingerprint density at radius 1 is 1.10 bits per heavy atom. The molecule has 7 nitrogen and oxygen atoms in total. The summed E-state index contributed by atoms with van der Waals surface area (Å²) in [5, 5.41) is 30.8. The number of aromatic nitrogens is 2. The molecule has 2 aliphatic heterocycles. The zero-order valence-electron chi connectivity index (χ0n) is 17.5. The molecule has 3 heterocycles. The Kier molecular flexibility index (Phi) is 5.74. The van der Waals surface area contributed by atoms with Gasteiger partial charge in [0, 0.05) is 17.9 Å². The summed E-state index contributed by atoms with van der Waals surface area (Å²) < 4.78 is 6.00. The van der Waals surface area contributed by atoms with Crippen LogP contribution in [0.1, 0.15) is 44.6 Å². The molecule has 0 unspecified atom stereocenters. The highest BCUT2D eigenvalue weighted by Crippen LogP contribution is 2.39. The van der Waals surface area contributed by atoms with Gasteiger partial charge >= 0.3 is 0 Å². The molecule has 0 bridgehead atoms. The molecule has 0 saturated carbocycles. The van der Waals surface area contributed by atoms with Crippen LogP contribution in [0.25, 0.3) is 10.9 Å². The largest absolute Gasteiger partial charge is 0.475 e. The van der Waals surface area contributed by atoms with Gasteiger partial charge in [0.15, 0.2) is 0 Å². The molecule has 0 spiro atoms. The molecule has 1 fully saturated rings. The minimum absolute atomic E-state index is 0.387. The van der Waals surface area contributed by atoms with E-state index in [9.17, 15) is 10.5 Å². The van der Waals surface area contributed by atoms with Crippen molar-refractivity contribution in [3.05, 3.63) is 46.3 Å². The topological polar surface area (TPSA) is 101 Å². The predicted octanol–water partition coefficient (Wildman–Crippen LogP) is 3.71. The number of likely N-dealkylation sites (tertiary alicyclic amines) is 1. The SMILES string of the molecule is CC1=C(C#N)C(c2ccc3[nH]nc(OCCN4CCCCC4)c3c2)C(C#N)=C(C)N1. The molecule has 1 aromatic heterocycles. The van der Waals surface area contributed by atoms with Crippen LogP contribution in [-0.4, -0.2) is 41.3 Å². The molecule has 0 atom stereocenters. The van der Waals surface area contributed by atoms with E-state index in [1.165, 1.54) is 19.3 Å². The van der Waals surface area contributed by atoms with Crippen LogP contribution in [0.2, 0.25) is 0 Å². The standard InChI is InChI=1S/C23H26N6O/c1-15-19(13-24)22(20(14-25)16(2)26-15)17-6-7-21-18(12-17)23(28-27-21)30-11-10-29-8-4-3-5-9-29/h6-7,12,22,26H,3-5,8-11H2,1-2H3,(H,27,28). The van der Waals surface area contributed by atoms with Crippen molar-refractivity contribution in [3.8, 4) is 18.0 Å². The number of allylic oxidation sites excluding steroid dienone is 4. The third-order valence-electron chi connectivity index (χ3n) is 5.98. The second kappa shape index (κ2) is 8.61. The highest BCUT2D eigenvalue weighted by atomic mass is 16.5. The molecule has 0 radical (unpaired) electrons. The number of nitrogens with one attached hydrogen (secondary N) is 2. The minimum Gasteiger partial charge on any atom is -0.475 e. The Labute approximate surface area is 176 Å². The van der Waals surface area contributed by atoms with Gasteiger partial charge < -0.3 is 10.1 Å². The van der Waals surface area contributed by atoms with Gasteiger partial charge in [0.1, 0.15) is 6.61 Å². The molecule has 1 saturated heterocycles. The second-order valence-electron chi connectivity index (χ2n) is 7.94. The number of hydrogen-bond donors (Lipinski definition) is 2. The van der Waals surface area contributed by atoms with E-state index in [-0.39, 0.29) is 5.92 Å². The number of benzene rings is 1. The third-order valence-corrected chi connectivity index (χ3v) is 5.98. The fourth-order valence-corrected chi connectivity index (χ4v) is 4.37. The van der Waals surface area contributed by atoms with Gasteiger partial charge in [-0.15, -0.1) is 5.10 Å². The summed E-state index contributed by atoms with van der Waals surface area (Å²) in [6, 6.07) is 10.4. The molecule has 0 amide bonds. The molecule has 2 aliphatic rings. The zero-order valence-corrected chi connectivity index (χ0v) is 17.5. The number of ether oxygens (including phenoxy) is 1. The first-order chi connectivity index (χ1) is 14.6. The lowest BCUT2D eigenvalue weighted by Gasteiger charge is -2.26. The van der Waals surface area contributed by atoms with Crippen molar-refractivity contribution in [2.75, 3.05) is 26.2 Å². The van der Waals surface area contributed by atoms with Crippen LogP contribution in [0.4, 0.5) is 0 Å². The van der Waals surface area contributed by atoms with E-state index in [1.54, 1.807) is 0 Å². The number of hydrogen-bond acceptors (Lipinski definition) is 6. The summed E-state index contributed by atoms with van der Waals surface area (Å²) in [6.07, 6.45) is 3.83. The number of H-pyrrole nitrogens is 1. The first kappa shape index (κ1) is 20.0. The number of nitriles is 2.